The Morgan fingerprint density at radius 1 is 1.13 bits per heavy atom. The zero-order chi connectivity index (χ0) is 21.5. The van der Waals surface area contributed by atoms with Crippen LogP contribution in [-0.4, -0.2) is 42.9 Å². The first-order valence-corrected chi connectivity index (χ1v) is 9.78. The lowest BCUT2D eigenvalue weighted by molar-refractivity contribution is -0.125. The van der Waals surface area contributed by atoms with Crippen molar-refractivity contribution < 1.29 is 18.8 Å². The van der Waals surface area contributed by atoms with E-state index in [-0.39, 0.29) is 5.71 Å². The molecular weight excluding hydrogens is 387 g/mol. The molecule has 1 aliphatic rings. The number of nitrogens with zero attached hydrogens (tertiary/aromatic N) is 3. The molecule has 0 fully saturated rings. The Morgan fingerprint density at radius 2 is 1.83 bits per heavy atom. The fraction of sp³-hybridized carbons (Fsp3) is 0.273. The number of halogens is 1. The topological polar surface area (TPSA) is 82.1 Å². The average molecular weight is 410 g/mol. The summed E-state index contributed by atoms with van der Waals surface area (Å²) in [5.41, 5.74) is 1.07. The van der Waals surface area contributed by atoms with E-state index < -0.39 is 29.8 Å². The van der Waals surface area contributed by atoms with E-state index in [1.54, 1.807) is 0 Å². The minimum Gasteiger partial charge on any atom is -0.372 e. The molecule has 2 amide bonds. The molecule has 1 N–H and O–H groups in total. The highest BCUT2D eigenvalue weighted by atomic mass is 19.1. The fourth-order valence-electron chi connectivity index (χ4n) is 3.13. The van der Waals surface area contributed by atoms with E-state index in [0.717, 1.165) is 23.8 Å². The van der Waals surface area contributed by atoms with Crippen molar-refractivity contribution in [2.45, 2.75) is 19.8 Å². The zero-order valence-electron chi connectivity index (χ0n) is 16.7. The fourth-order valence-corrected chi connectivity index (χ4v) is 3.13. The molecule has 0 unspecified atom stereocenters. The van der Waals surface area contributed by atoms with Gasteiger partial charge in [0.05, 0.1) is 12.1 Å². The normalized spacial score (nSPS) is 13.8. The third-order valence-electron chi connectivity index (χ3n) is 4.69. The van der Waals surface area contributed by atoms with Gasteiger partial charge in [-0.25, -0.2) is 4.39 Å². The summed E-state index contributed by atoms with van der Waals surface area (Å²) in [6.07, 6.45) is 0.220. The van der Waals surface area contributed by atoms with Crippen molar-refractivity contribution in [1.29, 1.82) is 0 Å². The molecule has 0 atom stereocenters. The minimum atomic E-state index is -0.629. The summed E-state index contributed by atoms with van der Waals surface area (Å²) >= 11 is 0. The quantitative estimate of drug-likeness (QED) is 0.536. The molecule has 0 spiro atoms. The van der Waals surface area contributed by atoms with Crippen LogP contribution in [0, 0.1) is 5.82 Å². The Hall–Kier alpha value is -3.55. The summed E-state index contributed by atoms with van der Waals surface area (Å²) in [5, 5.41) is 7.58. The van der Waals surface area contributed by atoms with Gasteiger partial charge in [-0.15, -0.1) is 0 Å². The van der Waals surface area contributed by atoms with Gasteiger partial charge in [-0.1, -0.05) is 18.2 Å². The first-order valence-electron chi connectivity index (χ1n) is 9.78. The van der Waals surface area contributed by atoms with E-state index in [9.17, 15) is 18.8 Å². The number of nitrogens with one attached hydrogen (secondary N) is 1. The van der Waals surface area contributed by atoms with E-state index in [1.807, 2.05) is 30.3 Å². The number of anilines is 2. The number of hydrogen-bond acceptors (Lipinski definition) is 5. The lowest BCUT2D eigenvalue weighted by Crippen LogP contribution is -2.45. The first-order chi connectivity index (χ1) is 14.5. The van der Waals surface area contributed by atoms with Crippen LogP contribution >= 0.6 is 0 Å². The van der Waals surface area contributed by atoms with Crippen LogP contribution in [0.1, 0.15) is 19.8 Å². The highest BCUT2D eigenvalue weighted by Crippen LogP contribution is 2.19. The molecule has 2 aromatic carbocycles. The summed E-state index contributed by atoms with van der Waals surface area (Å²) in [6.45, 7) is 3.99. The van der Waals surface area contributed by atoms with E-state index in [0.29, 0.717) is 18.7 Å². The maximum Gasteiger partial charge on any atom is 0.275 e. The van der Waals surface area contributed by atoms with Gasteiger partial charge in [0.15, 0.2) is 11.5 Å². The van der Waals surface area contributed by atoms with Gasteiger partial charge in [0.2, 0.25) is 0 Å². The van der Waals surface area contributed by atoms with Gasteiger partial charge < -0.3 is 10.2 Å². The molecular formula is C22H23FN4O3. The van der Waals surface area contributed by atoms with Crippen LogP contribution in [0.25, 0.3) is 0 Å². The van der Waals surface area contributed by atoms with E-state index >= 15 is 0 Å². The SMILES string of the molecule is CCN(CCCNC(=O)C1=NN(c2ccc(F)cc2)C(=O)CC1=O)c1ccccc1. The number of amides is 2. The van der Waals surface area contributed by atoms with Crippen molar-refractivity contribution in [2.75, 3.05) is 29.5 Å². The molecule has 0 bridgehead atoms. The maximum absolute atomic E-state index is 13.1. The Morgan fingerprint density at radius 3 is 2.50 bits per heavy atom. The number of carbonyl (C=O) groups is 3. The Balaban J connectivity index is 1.59. The van der Waals surface area contributed by atoms with E-state index in [4.69, 9.17) is 0 Å². The summed E-state index contributed by atoms with van der Waals surface area (Å²) in [5.74, 6) is -2.28. The second-order valence-corrected chi connectivity index (χ2v) is 6.76. The molecule has 3 rings (SSSR count). The van der Waals surface area contributed by atoms with Crippen molar-refractivity contribution in [2.24, 2.45) is 5.10 Å². The van der Waals surface area contributed by atoms with Gasteiger partial charge in [-0.05, 0) is 49.7 Å². The number of para-hydroxylation sites is 1. The van der Waals surface area contributed by atoms with Crippen molar-refractivity contribution in [3.05, 3.63) is 60.4 Å². The van der Waals surface area contributed by atoms with E-state index in [2.05, 4.69) is 22.2 Å². The van der Waals surface area contributed by atoms with Crippen LogP contribution in [0.2, 0.25) is 0 Å². The summed E-state index contributed by atoms with van der Waals surface area (Å²) in [7, 11) is 0. The largest absolute Gasteiger partial charge is 0.372 e. The third kappa shape index (κ3) is 5.08. The second-order valence-electron chi connectivity index (χ2n) is 6.76. The van der Waals surface area contributed by atoms with Crippen molar-refractivity contribution in [3.8, 4) is 0 Å². The van der Waals surface area contributed by atoms with Gasteiger partial charge in [0.25, 0.3) is 11.8 Å². The molecule has 0 saturated heterocycles. The Labute approximate surface area is 174 Å². The molecule has 0 radical (unpaired) electrons. The second kappa shape index (κ2) is 9.78. The van der Waals surface area contributed by atoms with Gasteiger partial charge in [0, 0.05) is 25.3 Å². The Bertz CT molecular complexity index is 945. The monoisotopic (exact) mass is 410 g/mol. The molecule has 30 heavy (non-hydrogen) atoms. The number of Topliss-reactive ketones (excluding diaryl/α,β-unsaturated/α-hetero) is 1. The standard InChI is InChI=1S/C22H23FN4O3/c1-2-26(17-7-4-3-5-8-17)14-6-13-24-22(30)21-19(28)15-20(29)27(25-21)18-11-9-16(23)10-12-18/h3-5,7-12H,2,6,13-15H2,1H3,(H,24,30). The van der Waals surface area contributed by atoms with Crippen LogP contribution in [0.5, 0.6) is 0 Å². The summed E-state index contributed by atoms with van der Waals surface area (Å²) < 4.78 is 13.1. The molecule has 1 heterocycles. The minimum absolute atomic E-state index is 0.292. The predicted octanol–water partition coefficient (Wildman–Crippen LogP) is 2.52. The highest BCUT2D eigenvalue weighted by molar-refractivity contribution is 6.67. The highest BCUT2D eigenvalue weighted by Gasteiger charge is 2.32. The van der Waals surface area contributed by atoms with Gasteiger partial charge in [0.1, 0.15) is 5.82 Å². The predicted molar refractivity (Wildman–Crippen MR) is 113 cm³/mol. The van der Waals surface area contributed by atoms with Gasteiger partial charge in [-0.3, -0.25) is 14.4 Å². The van der Waals surface area contributed by atoms with Crippen LogP contribution < -0.4 is 15.2 Å². The summed E-state index contributed by atoms with van der Waals surface area (Å²) in [4.78, 5) is 38.9. The molecule has 156 valence electrons. The molecule has 0 aliphatic carbocycles. The van der Waals surface area contributed by atoms with Gasteiger partial charge >= 0.3 is 0 Å². The molecule has 0 aromatic heterocycles. The average Bonchev–Trinajstić information content (AvgIpc) is 2.75. The number of rotatable bonds is 8. The third-order valence-corrected chi connectivity index (χ3v) is 4.69. The van der Waals surface area contributed by atoms with Crippen LogP contribution in [0.3, 0.4) is 0 Å². The molecule has 7 nitrogen and oxygen atoms in total. The van der Waals surface area contributed by atoms with Crippen LogP contribution in [0.4, 0.5) is 15.8 Å². The lowest BCUT2D eigenvalue weighted by atomic mass is 10.1. The number of hydrogen-bond donors (Lipinski definition) is 1. The van der Waals surface area contributed by atoms with Gasteiger partial charge in [-0.2, -0.15) is 10.1 Å². The van der Waals surface area contributed by atoms with E-state index in [1.165, 1.54) is 24.3 Å². The molecule has 2 aromatic rings. The lowest BCUT2D eigenvalue weighted by Gasteiger charge is -2.24. The number of hydrazone groups is 1. The van der Waals surface area contributed by atoms with Crippen LogP contribution in [-0.2, 0) is 14.4 Å². The zero-order valence-corrected chi connectivity index (χ0v) is 16.7. The number of carbonyl (C=O) groups excluding carboxylic acids is 3. The number of ketones is 1. The van der Waals surface area contributed by atoms with Crippen molar-refractivity contribution in [3.63, 3.8) is 0 Å². The smallest absolute Gasteiger partial charge is 0.275 e. The van der Waals surface area contributed by atoms with Crippen LogP contribution in [0.15, 0.2) is 59.7 Å². The maximum atomic E-state index is 13.1. The molecule has 1 aliphatic heterocycles. The van der Waals surface area contributed by atoms with Crippen molar-refractivity contribution in [1.82, 2.24) is 5.32 Å². The molecule has 0 saturated carbocycles. The Kier molecular flexibility index (Phi) is 6.90. The number of benzene rings is 2. The van der Waals surface area contributed by atoms with Crippen molar-refractivity contribution >= 4 is 34.7 Å². The summed E-state index contributed by atoms with van der Waals surface area (Å²) in [6, 6.07) is 15.1. The molecule has 8 heteroatoms. The first kappa shape index (κ1) is 21.2.